The molecule has 1 aliphatic rings. The van der Waals surface area contributed by atoms with Gasteiger partial charge >= 0.3 is 0 Å². The number of H-pyrrole nitrogens is 1. The quantitative estimate of drug-likeness (QED) is 0.545. The van der Waals surface area contributed by atoms with Gasteiger partial charge in [-0.05, 0) is 51.8 Å². The lowest BCUT2D eigenvalue weighted by molar-refractivity contribution is -0.122. The molecular weight excluding hydrogens is 430 g/mol. The first-order valence-electron chi connectivity index (χ1n) is 11.4. The van der Waals surface area contributed by atoms with Gasteiger partial charge in [0.1, 0.15) is 0 Å². The van der Waals surface area contributed by atoms with Crippen molar-refractivity contribution in [2.24, 2.45) is 4.99 Å². The lowest BCUT2D eigenvalue weighted by Crippen LogP contribution is -2.33. The molecule has 0 bridgehead atoms. The van der Waals surface area contributed by atoms with Gasteiger partial charge in [-0.15, -0.1) is 0 Å². The molecule has 1 atom stereocenters. The zero-order valence-corrected chi connectivity index (χ0v) is 20.1. The second-order valence-electron chi connectivity index (χ2n) is 9.07. The molecule has 2 aromatic heterocycles. The van der Waals surface area contributed by atoms with E-state index in [1.54, 1.807) is 18.3 Å². The Morgan fingerprint density at radius 3 is 2.53 bits per heavy atom. The Morgan fingerprint density at radius 2 is 1.91 bits per heavy atom. The van der Waals surface area contributed by atoms with Crippen LogP contribution in [-0.4, -0.2) is 32.2 Å². The number of nitrogens with one attached hydrogen (secondary N) is 2. The fourth-order valence-corrected chi connectivity index (χ4v) is 4.30. The Bertz CT molecular complexity index is 1350. The number of aryl methyl sites for hydroxylation is 2. The molecule has 0 fully saturated rings. The molecule has 3 heterocycles. The third-order valence-corrected chi connectivity index (χ3v) is 6.17. The number of fused-ring (bicyclic) bond motifs is 1. The summed E-state index contributed by atoms with van der Waals surface area (Å²) in [4.78, 5) is 45.0. The number of Topliss-reactive ketones (excluding diaryl/α,β-unsaturated/α-hetero) is 1. The summed E-state index contributed by atoms with van der Waals surface area (Å²) in [5.74, 6) is -0.0173. The molecule has 0 saturated heterocycles. The average Bonchev–Trinajstić information content (AvgIpc) is 3.22. The molecule has 1 unspecified atom stereocenters. The van der Waals surface area contributed by atoms with Crippen LogP contribution in [0.1, 0.15) is 77.5 Å². The number of pyridine rings is 1. The highest BCUT2D eigenvalue weighted by Crippen LogP contribution is 2.37. The van der Waals surface area contributed by atoms with Gasteiger partial charge in [0, 0.05) is 41.4 Å². The number of aliphatic imine (C=N–C) groups is 1. The molecule has 0 saturated carbocycles. The molecule has 176 valence electrons. The number of amides is 1. The molecule has 0 radical (unpaired) electrons. The molecule has 34 heavy (non-hydrogen) atoms. The van der Waals surface area contributed by atoms with E-state index in [0.717, 1.165) is 28.1 Å². The lowest BCUT2D eigenvalue weighted by atomic mass is 9.88. The van der Waals surface area contributed by atoms with Crippen molar-refractivity contribution in [3.05, 3.63) is 80.4 Å². The average molecular weight is 460 g/mol. The van der Waals surface area contributed by atoms with Crippen molar-refractivity contribution in [2.75, 3.05) is 0 Å². The fraction of sp³-hybridized carbons (Fsp3) is 0.346. The predicted molar refractivity (Wildman–Crippen MR) is 131 cm³/mol. The summed E-state index contributed by atoms with van der Waals surface area (Å²) >= 11 is 0. The van der Waals surface area contributed by atoms with Gasteiger partial charge in [-0.3, -0.25) is 14.4 Å². The minimum atomic E-state index is -0.493. The molecule has 3 aromatic rings. The molecule has 8 heteroatoms. The number of ketones is 1. The maximum absolute atomic E-state index is 13.4. The monoisotopic (exact) mass is 459 g/mol. The highest BCUT2D eigenvalue weighted by atomic mass is 16.2. The molecule has 1 amide bonds. The van der Waals surface area contributed by atoms with E-state index in [0.29, 0.717) is 23.4 Å². The minimum absolute atomic E-state index is 0.00376. The summed E-state index contributed by atoms with van der Waals surface area (Å²) in [6.45, 7) is 9.40. The van der Waals surface area contributed by atoms with Crippen LogP contribution in [0.15, 0.2) is 46.3 Å². The fourth-order valence-electron chi connectivity index (χ4n) is 4.30. The van der Waals surface area contributed by atoms with Gasteiger partial charge in [-0.1, -0.05) is 24.3 Å². The Hall–Kier alpha value is -3.81. The second-order valence-corrected chi connectivity index (χ2v) is 9.07. The van der Waals surface area contributed by atoms with Crippen molar-refractivity contribution >= 4 is 23.2 Å². The van der Waals surface area contributed by atoms with Crippen molar-refractivity contribution in [1.82, 2.24) is 20.1 Å². The van der Waals surface area contributed by atoms with Crippen LogP contribution in [0.2, 0.25) is 0 Å². The van der Waals surface area contributed by atoms with Crippen LogP contribution in [0.25, 0.3) is 0 Å². The predicted octanol–water partition coefficient (Wildman–Crippen LogP) is 3.90. The SMILES string of the molecule is CC(=O)c1ccc(C2=Nc3c(cnn3C(C)C)C(C(=O)NCc3c(C)cc(C)[nH]c3=O)C2)cc1. The van der Waals surface area contributed by atoms with Gasteiger partial charge in [0.05, 0.1) is 17.8 Å². The number of carbonyl (C=O) groups excluding carboxylic acids is 2. The third kappa shape index (κ3) is 4.48. The Balaban J connectivity index is 1.65. The van der Waals surface area contributed by atoms with Crippen molar-refractivity contribution < 1.29 is 9.59 Å². The van der Waals surface area contributed by atoms with E-state index in [2.05, 4.69) is 15.4 Å². The maximum Gasteiger partial charge on any atom is 0.253 e. The molecule has 2 N–H and O–H groups in total. The zero-order valence-electron chi connectivity index (χ0n) is 20.1. The molecule has 1 aliphatic heterocycles. The topological polar surface area (TPSA) is 109 Å². The van der Waals surface area contributed by atoms with Crippen LogP contribution in [-0.2, 0) is 11.3 Å². The van der Waals surface area contributed by atoms with E-state index in [1.165, 1.54) is 6.92 Å². The summed E-state index contributed by atoms with van der Waals surface area (Å²) in [6, 6.07) is 9.24. The van der Waals surface area contributed by atoms with E-state index >= 15 is 0 Å². The van der Waals surface area contributed by atoms with Gasteiger partial charge in [0.2, 0.25) is 5.91 Å². The van der Waals surface area contributed by atoms with Crippen LogP contribution in [0.3, 0.4) is 0 Å². The van der Waals surface area contributed by atoms with E-state index in [-0.39, 0.29) is 29.8 Å². The van der Waals surface area contributed by atoms with Gasteiger partial charge in [-0.2, -0.15) is 5.10 Å². The van der Waals surface area contributed by atoms with E-state index in [4.69, 9.17) is 4.99 Å². The van der Waals surface area contributed by atoms with E-state index < -0.39 is 5.92 Å². The van der Waals surface area contributed by atoms with Crippen molar-refractivity contribution in [3.63, 3.8) is 0 Å². The number of benzene rings is 1. The number of rotatable bonds is 6. The first kappa shape index (κ1) is 23.4. The minimum Gasteiger partial charge on any atom is -0.351 e. The number of nitrogens with zero attached hydrogens (tertiary/aromatic N) is 3. The van der Waals surface area contributed by atoms with Crippen LogP contribution in [0.4, 0.5) is 5.82 Å². The lowest BCUT2D eigenvalue weighted by Gasteiger charge is -2.23. The van der Waals surface area contributed by atoms with Gasteiger partial charge < -0.3 is 10.3 Å². The molecule has 1 aromatic carbocycles. The van der Waals surface area contributed by atoms with Crippen molar-refractivity contribution in [3.8, 4) is 0 Å². The number of hydrogen-bond donors (Lipinski definition) is 2. The standard InChI is InChI=1S/C26H29N5O3/c1-14(2)31-24-22(13-28-31)20(11-23(30-24)19-8-6-18(7-9-19)17(5)32)25(33)27-12-21-15(3)10-16(4)29-26(21)34/h6-10,13-14,20H,11-12H2,1-5H3,(H,27,33)(H,29,34). The van der Waals surface area contributed by atoms with E-state index in [9.17, 15) is 14.4 Å². The van der Waals surface area contributed by atoms with Gasteiger partial charge in [0.25, 0.3) is 5.56 Å². The second kappa shape index (κ2) is 9.21. The summed E-state index contributed by atoms with van der Waals surface area (Å²) in [6.07, 6.45) is 2.11. The smallest absolute Gasteiger partial charge is 0.253 e. The molecular formula is C26H29N5O3. The summed E-state index contributed by atoms with van der Waals surface area (Å²) in [5.41, 5.74) is 4.99. The Kier molecular flexibility index (Phi) is 6.32. The maximum atomic E-state index is 13.4. The summed E-state index contributed by atoms with van der Waals surface area (Å²) in [5, 5.41) is 7.43. The van der Waals surface area contributed by atoms with Gasteiger partial charge in [-0.25, -0.2) is 9.67 Å². The highest BCUT2D eigenvalue weighted by Gasteiger charge is 2.32. The van der Waals surface area contributed by atoms with E-state index in [1.807, 2.05) is 50.6 Å². The van der Waals surface area contributed by atoms with Crippen molar-refractivity contribution in [1.29, 1.82) is 0 Å². The highest BCUT2D eigenvalue weighted by molar-refractivity contribution is 6.07. The van der Waals surface area contributed by atoms with Crippen LogP contribution < -0.4 is 10.9 Å². The summed E-state index contributed by atoms with van der Waals surface area (Å²) < 4.78 is 1.81. The molecule has 8 nitrogen and oxygen atoms in total. The normalized spacial score (nSPS) is 15.1. The number of aromatic amines is 1. The van der Waals surface area contributed by atoms with Crippen LogP contribution >= 0.6 is 0 Å². The zero-order chi connectivity index (χ0) is 24.6. The largest absolute Gasteiger partial charge is 0.351 e. The first-order chi connectivity index (χ1) is 16.2. The van der Waals surface area contributed by atoms with Crippen LogP contribution in [0, 0.1) is 13.8 Å². The van der Waals surface area contributed by atoms with Crippen LogP contribution in [0.5, 0.6) is 0 Å². The number of aromatic nitrogens is 3. The summed E-state index contributed by atoms with van der Waals surface area (Å²) in [7, 11) is 0. The molecule has 0 aliphatic carbocycles. The number of carbonyl (C=O) groups is 2. The van der Waals surface area contributed by atoms with Gasteiger partial charge in [0.15, 0.2) is 11.6 Å². The first-order valence-corrected chi connectivity index (χ1v) is 11.4. The molecule has 4 rings (SSSR count). The van der Waals surface area contributed by atoms with Crippen molar-refractivity contribution in [2.45, 2.75) is 59.5 Å². The molecule has 0 spiro atoms. The Morgan fingerprint density at radius 1 is 1.21 bits per heavy atom. The number of hydrogen-bond acceptors (Lipinski definition) is 5. The third-order valence-electron chi connectivity index (χ3n) is 6.17. The Labute approximate surface area is 198 Å².